The number of nitrogens with zero attached hydrogens (tertiary/aromatic N) is 2. The fourth-order valence-corrected chi connectivity index (χ4v) is 2.26. The van der Waals surface area contributed by atoms with E-state index >= 15 is 0 Å². The molecule has 0 saturated heterocycles. The van der Waals surface area contributed by atoms with Crippen LogP contribution in [0.1, 0.15) is 26.1 Å². The molecule has 1 aromatic carbocycles. The molecule has 0 unspecified atom stereocenters. The van der Waals surface area contributed by atoms with Crippen molar-refractivity contribution in [1.29, 1.82) is 0 Å². The summed E-state index contributed by atoms with van der Waals surface area (Å²) in [5.74, 6) is 1.66. The summed E-state index contributed by atoms with van der Waals surface area (Å²) in [6, 6.07) is 6.36. The summed E-state index contributed by atoms with van der Waals surface area (Å²) >= 11 is 0. The minimum atomic E-state index is -2.82. The van der Waals surface area contributed by atoms with Gasteiger partial charge in [-0.05, 0) is 30.7 Å². The van der Waals surface area contributed by atoms with Crippen LogP contribution in [0.25, 0.3) is 11.3 Å². The van der Waals surface area contributed by atoms with Crippen molar-refractivity contribution in [1.82, 2.24) is 9.55 Å². The number of nitrogens with two attached hydrogens (primary N) is 1. The van der Waals surface area contributed by atoms with Crippen LogP contribution in [-0.2, 0) is 13.0 Å². The highest BCUT2D eigenvalue weighted by Gasteiger charge is 2.15. The van der Waals surface area contributed by atoms with Gasteiger partial charge in [0.2, 0.25) is 0 Å². The van der Waals surface area contributed by atoms with Crippen LogP contribution < -0.4 is 10.5 Å². The van der Waals surface area contributed by atoms with Crippen LogP contribution in [0.3, 0.4) is 0 Å². The van der Waals surface area contributed by atoms with Crippen molar-refractivity contribution >= 4 is 5.82 Å². The van der Waals surface area contributed by atoms with Gasteiger partial charge in [0.25, 0.3) is 0 Å². The topological polar surface area (TPSA) is 53.1 Å². The van der Waals surface area contributed by atoms with Gasteiger partial charge in [0.15, 0.2) is 0 Å². The van der Waals surface area contributed by atoms with Gasteiger partial charge in [0.05, 0.1) is 0 Å². The number of rotatable bonds is 6. The Morgan fingerprint density at radius 2 is 1.90 bits per heavy atom. The van der Waals surface area contributed by atoms with E-state index in [1.165, 1.54) is 12.1 Å². The van der Waals surface area contributed by atoms with E-state index in [9.17, 15) is 8.78 Å². The molecular weight excluding hydrogens is 276 g/mol. The Bertz CT molecular complexity index is 594. The third-order valence-electron chi connectivity index (χ3n) is 3.20. The molecule has 0 aliphatic carbocycles. The molecule has 0 bridgehead atoms. The van der Waals surface area contributed by atoms with E-state index in [0.717, 1.165) is 30.8 Å². The SMILES string of the molecule is CCCn1c(CC)nc(-c2ccc(OC(F)F)cc2)c1N. The Morgan fingerprint density at radius 1 is 1.24 bits per heavy atom. The first-order valence-corrected chi connectivity index (χ1v) is 6.96. The lowest BCUT2D eigenvalue weighted by Crippen LogP contribution is -2.06. The van der Waals surface area contributed by atoms with Crippen molar-refractivity contribution in [3.63, 3.8) is 0 Å². The third-order valence-corrected chi connectivity index (χ3v) is 3.20. The number of aromatic nitrogens is 2. The predicted octanol–water partition coefficient (Wildman–Crippen LogP) is 3.71. The number of ether oxygens (including phenoxy) is 1. The summed E-state index contributed by atoms with van der Waals surface area (Å²) in [6.07, 6.45) is 1.75. The summed E-state index contributed by atoms with van der Waals surface area (Å²) in [5, 5.41) is 0. The number of alkyl halides is 2. The highest BCUT2D eigenvalue weighted by atomic mass is 19.3. The molecule has 0 radical (unpaired) electrons. The van der Waals surface area contributed by atoms with Crippen LogP contribution in [0, 0.1) is 0 Å². The number of halogens is 2. The Labute approximate surface area is 122 Å². The molecule has 0 spiro atoms. The number of hydrogen-bond acceptors (Lipinski definition) is 3. The summed E-state index contributed by atoms with van der Waals surface area (Å²) in [4.78, 5) is 4.56. The molecule has 0 aliphatic heterocycles. The van der Waals surface area contributed by atoms with Gasteiger partial charge >= 0.3 is 6.61 Å². The van der Waals surface area contributed by atoms with Gasteiger partial charge in [-0.25, -0.2) is 4.98 Å². The molecule has 4 nitrogen and oxygen atoms in total. The molecule has 0 amide bonds. The molecule has 0 aliphatic rings. The van der Waals surface area contributed by atoms with Crippen LogP contribution in [0.4, 0.5) is 14.6 Å². The van der Waals surface area contributed by atoms with Crippen molar-refractivity contribution in [2.45, 2.75) is 39.8 Å². The van der Waals surface area contributed by atoms with E-state index < -0.39 is 6.61 Å². The fraction of sp³-hybridized carbons (Fsp3) is 0.400. The third kappa shape index (κ3) is 3.32. The fourth-order valence-electron chi connectivity index (χ4n) is 2.26. The average Bonchev–Trinajstić information content (AvgIpc) is 2.77. The first-order chi connectivity index (χ1) is 10.1. The Hall–Kier alpha value is -2.11. The minimum Gasteiger partial charge on any atom is -0.435 e. The summed E-state index contributed by atoms with van der Waals surface area (Å²) in [5.41, 5.74) is 7.64. The largest absolute Gasteiger partial charge is 0.435 e. The molecule has 2 N–H and O–H groups in total. The van der Waals surface area contributed by atoms with E-state index in [1.54, 1.807) is 12.1 Å². The summed E-state index contributed by atoms with van der Waals surface area (Å²) in [6.45, 7) is 2.09. The molecule has 0 fully saturated rings. The lowest BCUT2D eigenvalue weighted by atomic mass is 10.1. The normalized spacial score (nSPS) is 11.1. The van der Waals surface area contributed by atoms with Gasteiger partial charge in [0.1, 0.15) is 23.1 Å². The zero-order chi connectivity index (χ0) is 15.4. The molecule has 0 atom stereocenters. The van der Waals surface area contributed by atoms with Crippen LogP contribution in [-0.4, -0.2) is 16.2 Å². The van der Waals surface area contributed by atoms with E-state index in [4.69, 9.17) is 5.73 Å². The second-order valence-electron chi connectivity index (χ2n) is 4.67. The zero-order valence-corrected chi connectivity index (χ0v) is 12.1. The van der Waals surface area contributed by atoms with Crippen LogP contribution in [0.2, 0.25) is 0 Å². The lowest BCUT2D eigenvalue weighted by Gasteiger charge is -2.07. The number of hydrogen-bond donors (Lipinski definition) is 1. The standard InChI is InChI=1S/C15H19F2N3O/c1-3-9-20-12(4-2)19-13(14(20)18)10-5-7-11(8-6-10)21-15(16)17/h5-8,15H,3-4,9,18H2,1-2H3. The van der Waals surface area contributed by atoms with Crippen molar-refractivity contribution in [2.75, 3.05) is 5.73 Å². The van der Waals surface area contributed by atoms with Crippen molar-refractivity contribution in [3.05, 3.63) is 30.1 Å². The van der Waals surface area contributed by atoms with Crippen molar-refractivity contribution < 1.29 is 13.5 Å². The van der Waals surface area contributed by atoms with Crippen molar-refractivity contribution in [2.24, 2.45) is 0 Å². The molecule has 2 aromatic rings. The highest BCUT2D eigenvalue weighted by molar-refractivity contribution is 5.71. The van der Waals surface area contributed by atoms with E-state index in [1.807, 2.05) is 11.5 Å². The summed E-state index contributed by atoms with van der Waals surface area (Å²) < 4.78 is 30.6. The van der Waals surface area contributed by atoms with Gasteiger partial charge in [-0.2, -0.15) is 8.78 Å². The highest BCUT2D eigenvalue weighted by Crippen LogP contribution is 2.28. The average molecular weight is 295 g/mol. The quantitative estimate of drug-likeness (QED) is 0.884. The van der Waals surface area contributed by atoms with Gasteiger partial charge in [-0.15, -0.1) is 0 Å². The van der Waals surface area contributed by atoms with Crippen LogP contribution >= 0.6 is 0 Å². The molecule has 1 heterocycles. The molecule has 1 aromatic heterocycles. The lowest BCUT2D eigenvalue weighted by molar-refractivity contribution is -0.0498. The van der Waals surface area contributed by atoms with Crippen LogP contribution in [0.5, 0.6) is 5.75 Å². The number of anilines is 1. The maximum absolute atomic E-state index is 12.1. The molecule has 2 rings (SSSR count). The van der Waals surface area contributed by atoms with Crippen LogP contribution in [0.15, 0.2) is 24.3 Å². The Balaban J connectivity index is 2.33. The van der Waals surface area contributed by atoms with E-state index in [-0.39, 0.29) is 5.75 Å². The number of aryl methyl sites for hydroxylation is 1. The maximum atomic E-state index is 12.1. The first-order valence-electron chi connectivity index (χ1n) is 6.96. The van der Waals surface area contributed by atoms with Gasteiger partial charge < -0.3 is 15.0 Å². The molecule has 114 valence electrons. The number of imidazole rings is 1. The predicted molar refractivity (Wildman–Crippen MR) is 78.4 cm³/mol. The maximum Gasteiger partial charge on any atom is 0.387 e. The molecule has 21 heavy (non-hydrogen) atoms. The van der Waals surface area contributed by atoms with Crippen molar-refractivity contribution in [3.8, 4) is 17.0 Å². The number of nitrogen functional groups attached to an aromatic ring is 1. The van der Waals surface area contributed by atoms with Gasteiger partial charge in [-0.1, -0.05) is 13.8 Å². The first kappa shape index (κ1) is 15.3. The number of benzene rings is 1. The van der Waals surface area contributed by atoms with Gasteiger partial charge in [0, 0.05) is 18.5 Å². The second kappa shape index (κ2) is 6.56. The Kier molecular flexibility index (Phi) is 4.77. The smallest absolute Gasteiger partial charge is 0.387 e. The Morgan fingerprint density at radius 3 is 2.43 bits per heavy atom. The molecule has 6 heteroatoms. The minimum absolute atomic E-state index is 0.121. The summed E-state index contributed by atoms with van der Waals surface area (Å²) in [7, 11) is 0. The monoisotopic (exact) mass is 295 g/mol. The molecule has 0 saturated carbocycles. The van der Waals surface area contributed by atoms with E-state index in [0.29, 0.717) is 11.5 Å². The van der Waals surface area contributed by atoms with E-state index in [2.05, 4.69) is 16.6 Å². The van der Waals surface area contributed by atoms with Gasteiger partial charge in [-0.3, -0.25) is 0 Å². The molecular formula is C15H19F2N3O. The second-order valence-corrected chi connectivity index (χ2v) is 4.67. The zero-order valence-electron chi connectivity index (χ0n) is 12.1.